The number of hydrogen-bond acceptors (Lipinski definition) is 7. The Balaban J connectivity index is 1.62. The minimum absolute atomic E-state index is 0.146. The molecule has 0 bridgehead atoms. The van der Waals surface area contributed by atoms with Gasteiger partial charge in [0.25, 0.3) is 5.91 Å². The van der Waals surface area contributed by atoms with E-state index in [0.717, 1.165) is 0 Å². The summed E-state index contributed by atoms with van der Waals surface area (Å²) in [7, 11) is -3.22. The van der Waals surface area contributed by atoms with Crippen molar-refractivity contribution >= 4 is 15.9 Å². The highest BCUT2D eigenvalue weighted by molar-refractivity contribution is 7.88. The molecule has 27 heavy (non-hydrogen) atoms. The van der Waals surface area contributed by atoms with E-state index in [1.807, 2.05) is 6.92 Å². The number of benzene rings is 1. The quantitative estimate of drug-likeness (QED) is 0.677. The Labute approximate surface area is 157 Å². The van der Waals surface area contributed by atoms with Gasteiger partial charge in [-0.3, -0.25) is 4.79 Å². The second-order valence-electron chi connectivity index (χ2n) is 6.18. The summed E-state index contributed by atoms with van der Waals surface area (Å²) in [4.78, 5) is 14.4. The lowest BCUT2D eigenvalue weighted by Gasteiger charge is -2.33. The molecule has 1 aliphatic rings. The number of ether oxygens (including phenoxy) is 1. The number of carbonyl (C=O) groups excluding carboxylic acids is 1. The van der Waals surface area contributed by atoms with Crippen LogP contribution < -0.4 is 4.74 Å². The van der Waals surface area contributed by atoms with E-state index in [1.165, 1.54) is 10.6 Å². The predicted octanol–water partition coefficient (Wildman–Crippen LogP) is -0.0106. The molecule has 146 valence electrons. The van der Waals surface area contributed by atoms with Crippen LogP contribution in [0.4, 0.5) is 0 Å². The van der Waals surface area contributed by atoms with E-state index in [4.69, 9.17) is 4.74 Å². The zero-order chi connectivity index (χ0) is 19.4. The maximum atomic E-state index is 12.7. The molecular formula is C16H22N6O4S. The van der Waals surface area contributed by atoms with Crippen LogP contribution in [0, 0.1) is 0 Å². The number of carbonyl (C=O) groups is 1. The molecule has 0 N–H and O–H groups in total. The maximum absolute atomic E-state index is 12.7. The van der Waals surface area contributed by atoms with Gasteiger partial charge in [0.15, 0.2) is 5.82 Å². The molecule has 0 saturated carbocycles. The summed E-state index contributed by atoms with van der Waals surface area (Å²) >= 11 is 0. The van der Waals surface area contributed by atoms with Crippen molar-refractivity contribution in [1.29, 1.82) is 0 Å². The molecule has 11 heteroatoms. The van der Waals surface area contributed by atoms with Gasteiger partial charge in [-0.15, -0.1) is 5.10 Å². The van der Waals surface area contributed by atoms with E-state index in [2.05, 4.69) is 15.5 Å². The molecule has 10 nitrogen and oxygen atoms in total. The van der Waals surface area contributed by atoms with Gasteiger partial charge >= 0.3 is 0 Å². The highest BCUT2D eigenvalue weighted by Gasteiger charge is 2.26. The second kappa shape index (κ2) is 8.01. The van der Waals surface area contributed by atoms with E-state index in [0.29, 0.717) is 49.9 Å². The van der Waals surface area contributed by atoms with Gasteiger partial charge in [0.1, 0.15) is 12.4 Å². The van der Waals surface area contributed by atoms with E-state index in [9.17, 15) is 13.2 Å². The largest absolute Gasteiger partial charge is 0.486 e. The average Bonchev–Trinajstić information content (AvgIpc) is 3.13. The third-order valence-corrected chi connectivity index (χ3v) is 5.65. The van der Waals surface area contributed by atoms with Gasteiger partial charge in [-0.25, -0.2) is 13.1 Å². The summed E-state index contributed by atoms with van der Waals surface area (Å²) < 4.78 is 31.9. The first-order chi connectivity index (χ1) is 12.9. The van der Waals surface area contributed by atoms with Gasteiger partial charge in [0.05, 0.1) is 6.26 Å². The number of nitrogens with zero attached hydrogens (tertiary/aromatic N) is 6. The van der Waals surface area contributed by atoms with E-state index < -0.39 is 10.0 Å². The molecule has 0 atom stereocenters. The van der Waals surface area contributed by atoms with Crippen molar-refractivity contribution in [2.24, 2.45) is 0 Å². The molecule has 0 aliphatic carbocycles. The molecule has 1 aromatic heterocycles. The summed E-state index contributed by atoms with van der Waals surface area (Å²) in [6, 6.07) is 6.90. The average molecular weight is 394 g/mol. The lowest BCUT2D eigenvalue weighted by molar-refractivity contribution is 0.0697. The Morgan fingerprint density at radius 2 is 1.96 bits per heavy atom. The SMILES string of the molecule is CCn1nnnc1COc1cccc(C(=O)N2CCN(S(C)(=O)=O)CC2)c1. The number of rotatable bonds is 6. The van der Waals surface area contributed by atoms with Gasteiger partial charge in [-0.05, 0) is 35.5 Å². The van der Waals surface area contributed by atoms with Gasteiger partial charge in [-0.1, -0.05) is 6.07 Å². The minimum atomic E-state index is -3.22. The third-order valence-electron chi connectivity index (χ3n) is 4.35. The number of aryl methyl sites for hydroxylation is 1. The van der Waals surface area contributed by atoms with Crippen molar-refractivity contribution in [3.63, 3.8) is 0 Å². The zero-order valence-corrected chi connectivity index (χ0v) is 16.1. The van der Waals surface area contributed by atoms with Gasteiger partial charge in [0.2, 0.25) is 10.0 Å². The fourth-order valence-electron chi connectivity index (χ4n) is 2.84. The maximum Gasteiger partial charge on any atom is 0.254 e. The summed E-state index contributed by atoms with van der Waals surface area (Å²) in [5, 5.41) is 11.4. The summed E-state index contributed by atoms with van der Waals surface area (Å²) in [6.07, 6.45) is 1.18. The van der Waals surface area contributed by atoms with Crippen molar-refractivity contribution in [1.82, 2.24) is 29.4 Å². The van der Waals surface area contributed by atoms with Crippen molar-refractivity contribution in [2.75, 3.05) is 32.4 Å². The molecular weight excluding hydrogens is 372 g/mol. The van der Waals surface area contributed by atoms with Crippen LogP contribution >= 0.6 is 0 Å². The first-order valence-electron chi connectivity index (χ1n) is 8.61. The Morgan fingerprint density at radius 3 is 2.63 bits per heavy atom. The summed E-state index contributed by atoms with van der Waals surface area (Å²) in [6.45, 7) is 4.11. The second-order valence-corrected chi connectivity index (χ2v) is 8.16. The number of hydrogen-bond donors (Lipinski definition) is 0. The Hall–Kier alpha value is -2.53. The highest BCUT2D eigenvalue weighted by atomic mass is 32.2. The van der Waals surface area contributed by atoms with Crippen molar-refractivity contribution < 1.29 is 17.9 Å². The topological polar surface area (TPSA) is 111 Å². The Bertz CT molecular complexity index is 905. The number of sulfonamides is 1. The van der Waals surface area contributed by atoms with E-state index >= 15 is 0 Å². The standard InChI is InChI=1S/C16H22N6O4S/c1-3-22-15(17-18-19-22)12-26-14-6-4-5-13(11-14)16(23)20-7-9-21(10-8-20)27(2,24)25/h4-6,11H,3,7-10,12H2,1-2H3. The first kappa shape index (κ1) is 19.2. The molecule has 0 radical (unpaired) electrons. The number of amides is 1. The molecule has 2 aromatic rings. The third kappa shape index (κ3) is 4.61. The number of piperazine rings is 1. The number of aromatic nitrogens is 4. The molecule has 0 spiro atoms. The molecule has 1 aliphatic heterocycles. The highest BCUT2D eigenvalue weighted by Crippen LogP contribution is 2.17. The van der Waals surface area contributed by atoms with Gasteiger partial charge in [-0.2, -0.15) is 4.31 Å². The molecule has 1 aromatic carbocycles. The summed E-state index contributed by atoms with van der Waals surface area (Å²) in [5.41, 5.74) is 0.496. The van der Waals surface area contributed by atoms with Crippen LogP contribution in [0.15, 0.2) is 24.3 Å². The smallest absolute Gasteiger partial charge is 0.254 e. The van der Waals surface area contributed by atoms with Crippen molar-refractivity contribution in [3.8, 4) is 5.75 Å². The fourth-order valence-corrected chi connectivity index (χ4v) is 3.67. The van der Waals surface area contributed by atoms with Crippen LogP contribution in [0.3, 0.4) is 0 Å². The molecule has 2 heterocycles. The predicted molar refractivity (Wildman–Crippen MR) is 96.6 cm³/mol. The van der Waals surface area contributed by atoms with Crippen molar-refractivity contribution in [3.05, 3.63) is 35.7 Å². The monoisotopic (exact) mass is 394 g/mol. The Morgan fingerprint density at radius 1 is 1.22 bits per heavy atom. The lowest BCUT2D eigenvalue weighted by Crippen LogP contribution is -2.50. The van der Waals surface area contributed by atoms with E-state index in [-0.39, 0.29) is 12.5 Å². The fraction of sp³-hybridized carbons (Fsp3) is 0.500. The van der Waals surface area contributed by atoms with Crippen LogP contribution in [0.2, 0.25) is 0 Å². The van der Waals surface area contributed by atoms with Crippen LogP contribution in [0.25, 0.3) is 0 Å². The molecule has 1 amide bonds. The zero-order valence-electron chi connectivity index (χ0n) is 15.3. The van der Waals surface area contributed by atoms with Gasteiger partial charge < -0.3 is 9.64 Å². The van der Waals surface area contributed by atoms with Crippen LogP contribution in [0.1, 0.15) is 23.1 Å². The number of tetrazole rings is 1. The summed E-state index contributed by atoms with van der Waals surface area (Å²) in [5.74, 6) is 0.999. The molecule has 3 rings (SSSR count). The first-order valence-corrected chi connectivity index (χ1v) is 10.5. The van der Waals surface area contributed by atoms with Crippen LogP contribution in [-0.2, 0) is 23.2 Å². The normalized spacial score (nSPS) is 15.7. The van der Waals surface area contributed by atoms with Gasteiger partial charge in [0, 0.05) is 38.3 Å². The van der Waals surface area contributed by atoms with Crippen LogP contribution in [0.5, 0.6) is 5.75 Å². The molecule has 1 fully saturated rings. The lowest BCUT2D eigenvalue weighted by atomic mass is 10.1. The Kier molecular flexibility index (Phi) is 5.71. The molecule has 0 unspecified atom stereocenters. The van der Waals surface area contributed by atoms with Crippen LogP contribution in [-0.4, -0.2) is 76.2 Å². The van der Waals surface area contributed by atoms with Crippen molar-refractivity contribution in [2.45, 2.75) is 20.1 Å². The minimum Gasteiger partial charge on any atom is -0.486 e. The molecule has 1 saturated heterocycles. The van der Waals surface area contributed by atoms with E-state index in [1.54, 1.807) is 33.8 Å².